The van der Waals surface area contributed by atoms with Crippen LogP contribution in [0.5, 0.6) is 0 Å². The predicted molar refractivity (Wildman–Crippen MR) is 127 cm³/mol. The summed E-state index contributed by atoms with van der Waals surface area (Å²) in [5, 5.41) is 14.4. The molecule has 0 atom stereocenters. The van der Waals surface area contributed by atoms with Crippen LogP contribution in [0.25, 0.3) is 16.5 Å². The quantitative estimate of drug-likeness (QED) is 0.234. The van der Waals surface area contributed by atoms with E-state index in [-0.39, 0.29) is 17.4 Å². The number of amides is 1. The van der Waals surface area contributed by atoms with Crippen molar-refractivity contribution in [2.24, 2.45) is 0 Å². The number of benzene rings is 3. The molecular weight excluding hydrogens is 420 g/mol. The van der Waals surface area contributed by atoms with Gasteiger partial charge in [0.25, 0.3) is 0 Å². The van der Waals surface area contributed by atoms with Gasteiger partial charge in [0.2, 0.25) is 5.91 Å². The summed E-state index contributed by atoms with van der Waals surface area (Å²) in [6.45, 7) is 2.09. The summed E-state index contributed by atoms with van der Waals surface area (Å²) in [4.78, 5) is 24.0. The van der Waals surface area contributed by atoms with E-state index in [0.29, 0.717) is 23.7 Å². The van der Waals surface area contributed by atoms with Crippen LogP contribution in [0.2, 0.25) is 0 Å². The van der Waals surface area contributed by atoms with Gasteiger partial charge in [-0.2, -0.15) is 0 Å². The Balaban J connectivity index is 1.50. The summed E-state index contributed by atoms with van der Waals surface area (Å²) in [6.07, 6.45) is 1.42. The average Bonchev–Trinajstić information content (AvgIpc) is 3.23. The Morgan fingerprint density at radius 1 is 0.938 bits per heavy atom. The third-order valence-electron chi connectivity index (χ3n) is 5.07. The predicted octanol–water partition coefficient (Wildman–Crippen LogP) is 4.46. The third-order valence-corrected chi connectivity index (χ3v) is 6.00. The fourth-order valence-corrected chi connectivity index (χ4v) is 4.34. The lowest BCUT2D eigenvalue weighted by Crippen LogP contribution is -2.21. The molecule has 1 aromatic heterocycles. The van der Waals surface area contributed by atoms with Crippen LogP contribution in [0.1, 0.15) is 29.5 Å². The summed E-state index contributed by atoms with van der Waals surface area (Å²) in [6, 6.07) is 23.7. The molecule has 1 amide bonds. The van der Waals surface area contributed by atoms with E-state index in [9.17, 15) is 9.59 Å². The highest BCUT2D eigenvalue weighted by atomic mass is 32.2. The number of nitrogens with one attached hydrogen (secondary N) is 1. The molecule has 1 N–H and O–H groups in total. The van der Waals surface area contributed by atoms with Gasteiger partial charge in [0.15, 0.2) is 10.9 Å². The van der Waals surface area contributed by atoms with Crippen LogP contribution in [-0.4, -0.2) is 38.8 Å². The molecular formula is C25H24N4O2S. The first kappa shape index (κ1) is 21.8. The summed E-state index contributed by atoms with van der Waals surface area (Å²) in [5.41, 5.74) is 1.64. The molecule has 0 fully saturated rings. The minimum atomic E-state index is -0.0435. The number of rotatable bonds is 9. The Hall–Kier alpha value is -3.45. The number of thioether (sulfide) groups is 1. The number of carbonyl (C=O) groups is 2. The zero-order valence-electron chi connectivity index (χ0n) is 17.8. The number of para-hydroxylation sites is 1. The first-order valence-corrected chi connectivity index (χ1v) is 11.5. The van der Waals surface area contributed by atoms with Crippen molar-refractivity contribution in [3.63, 3.8) is 0 Å². The normalized spacial score (nSPS) is 10.9. The van der Waals surface area contributed by atoms with Crippen LogP contribution in [-0.2, 0) is 11.2 Å². The van der Waals surface area contributed by atoms with E-state index in [1.807, 2.05) is 77.4 Å². The maximum Gasteiger partial charge on any atom is 0.216 e. The minimum absolute atomic E-state index is 0.0435. The van der Waals surface area contributed by atoms with Crippen molar-refractivity contribution in [2.75, 3.05) is 12.3 Å². The fourth-order valence-electron chi connectivity index (χ4n) is 3.48. The first-order chi connectivity index (χ1) is 15.6. The molecule has 0 saturated carbocycles. The van der Waals surface area contributed by atoms with E-state index in [4.69, 9.17) is 0 Å². The zero-order chi connectivity index (χ0) is 22.3. The van der Waals surface area contributed by atoms with Gasteiger partial charge < -0.3 is 5.32 Å². The molecule has 7 heteroatoms. The molecule has 6 nitrogen and oxygen atoms in total. The van der Waals surface area contributed by atoms with Gasteiger partial charge in [0.05, 0.1) is 5.75 Å². The summed E-state index contributed by atoms with van der Waals surface area (Å²) in [5.74, 6) is 1.09. The van der Waals surface area contributed by atoms with Crippen molar-refractivity contribution < 1.29 is 9.59 Å². The largest absolute Gasteiger partial charge is 0.356 e. The Morgan fingerprint density at radius 3 is 2.47 bits per heavy atom. The van der Waals surface area contributed by atoms with Crippen molar-refractivity contribution in [1.82, 2.24) is 20.1 Å². The molecule has 0 aliphatic rings. The lowest BCUT2D eigenvalue weighted by atomic mass is 10.1. The molecule has 32 heavy (non-hydrogen) atoms. The van der Waals surface area contributed by atoms with Gasteiger partial charge in [-0.25, -0.2) is 0 Å². The first-order valence-electron chi connectivity index (χ1n) is 10.5. The maximum atomic E-state index is 12.9. The van der Waals surface area contributed by atoms with Gasteiger partial charge in [0.1, 0.15) is 5.82 Å². The number of hydrogen-bond donors (Lipinski definition) is 1. The van der Waals surface area contributed by atoms with Crippen LogP contribution < -0.4 is 5.32 Å². The number of aromatic nitrogens is 3. The number of hydrogen-bond acceptors (Lipinski definition) is 5. The summed E-state index contributed by atoms with van der Waals surface area (Å²) in [7, 11) is 0. The molecule has 4 aromatic rings. The molecule has 0 aliphatic carbocycles. The topological polar surface area (TPSA) is 76.9 Å². The number of aryl methyl sites for hydroxylation is 1. The van der Waals surface area contributed by atoms with Crippen LogP contribution in [0.3, 0.4) is 0 Å². The Morgan fingerprint density at radius 2 is 1.69 bits per heavy atom. The van der Waals surface area contributed by atoms with Crippen LogP contribution >= 0.6 is 11.8 Å². The van der Waals surface area contributed by atoms with Gasteiger partial charge in [-0.05, 0) is 35.4 Å². The molecule has 0 radical (unpaired) electrons. The van der Waals surface area contributed by atoms with Gasteiger partial charge in [-0.3, -0.25) is 14.2 Å². The highest BCUT2D eigenvalue weighted by molar-refractivity contribution is 7.99. The highest BCUT2D eigenvalue weighted by Crippen LogP contribution is 2.24. The van der Waals surface area contributed by atoms with Gasteiger partial charge in [-0.15, -0.1) is 10.2 Å². The molecule has 0 saturated heterocycles. The van der Waals surface area contributed by atoms with E-state index < -0.39 is 0 Å². The van der Waals surface area contributed by atoms with E-state index in [2.05, 4.69) is 15.5 Å². The van der Waals surface area contributed by atoms with E-state index >= 15 is 0 Å². The van der Waals surface area contributed by atoms with Crippen LogP contribution in [0.4, 0.5) is 0 Å². The lowest BCUT2D eigenvalue weighted by molar-refractivity contribution is -0.118. The van der Waals surface area contributed by atoms with Crippen molar-refractivity contribution in [3.05, 3.63) is 84.2 Å². The second kappa shape index (κ2) is 10.2. The van der Waals surface area contributed by atoms with Gasteiger partial charge in [0, 0.05) is 31.1 Å². The van der Waals surface area contributed by atoms with Crippen LogP contribution in [0.15, 0.2) is 78.0 Å². The molecule has 0 aliphatic heterocycles. The van der Waals surface area contributed by atoms with E-state index in [0.717, 1.165) is 28.7 Å². The molecule has 0 spiro atoms. The molecule has 0 unspecified atom stereocenters. The second-order valence-electron chi connectivity index (χ2n) is 7.43. The van der Waals surface area contributed by atoms with Crippen molar-refractivity contribution in [2.45, 2.75) is 24.9 Å². The van der Waals surface area contributed by atoms with E-state index in [1.165, 1.54) is 18.7 Å². The van der Waals surface area contributed by atoms with Crippen molar-refractivity contribution >= 4 is 34.2 Å². The number of fused-ring (bicyclic) bond motifs is 1. The summed E-state index contributed by atoms with van der Waals surface area (Å²) >= 11 is 1.39. The molecule has 0 bridgehead atoms. The smallest absolute Gasteiger partial charge is 0.216 e. The van der Waals surface area contributed by atoms with Gasteiger partial charge >= 0.3 is 0 Å². The number of ketones is 1. The number of nitrogens with zero attached hydrogens (tertiary/aromatic N) is 3. The number of Topliss-reactive ketones (excluding diaryl/α,β-unsaturated/α-hetero) is 1. The van der Waals surface area contributed by atoms with Crippen molar-refractivity contribution in [1.29, 1.82) is 0 Å². The third kappa shape index (κ3) is 5.23. The Labute approximate surface area is 191 Å². The summed E-state index contributed by atoms with van der Waals surface area (Å²) < 4.78 is 1.99. The fraction of sp³-hybridized carbons (Fsp3) is 0.200. The second-order valence-corrected chi connectivity index (χ2v) is 8.37. The molecule has 4 rings (SSSR count). The molecule has 1 heterocycles. The standard InChI is InChI=1S/C25H24N4O2S/c1-18(30)26-15-7-12-24-27-28-25(29(24)22-10-3-2-4-11-22)32-17-23(31)21-14-13-19-8-5-6-9-20(19)16-21/h2-6,8-11,13-14,16H,7,12,15,17H2,1H3,(H,26,30). The Kier molecular flexibility index (Phi) is 6.97. The lowest BCUT2D eigenvalue weighted by Gasteiger charge is -2.10. The Bertz CT molecular complexity index is 1240. The van der Waals surface area contributed by atoms with Gasteiger partial charge in [-0.1, -0.05) is 66.4 Å². The zero-order valence-corrected chi connectivity index (χ0v) is 18.6. The number of carbonyl (C=O) groups excluding carboxylic acids is 2. The monoisotopic (exact) mass is 444 g/mol. The molecule has 3 aromatic carbocycles. The maximum absolute atomic E-state index is 12.9. The highest BCUT2D eigenvalue weighted by Gasteiger charge is 2.16. The van der Waals surface area contributed by atoms with E-state index in [1.54, 1.807) is 0 Å². The van der Waals surface area contributed by atoms with Crippen LogP contribution in [0, 0.1) is 0 Å². The minimum Gasteiger partial charge on any atom is -0.356 e. The SMILES string of the molecule is CC(=O)NCCCc1nnc(SCC(=O)c2ccc3ccccc3c2)n1-c1ccccc1. The van der Waals surface area contributed by atoms with Crippen molar-refractivity contribution in [3.8, 4) is 5.69 Å². The molecule has 162 valence electrons. The average molecular weight is 445 g/mol.